The maximum absolute atomic E-state index is 14.7. The molecule has 28 heavy (non-hydrogen) atoms. The molecule has 0 saturated heterocycles. The molecule has 2 heterocycles. The molecule has 0 aliphatic heterocycles. The highest BCUT2D eigenvalue weighted by molar-refractivity contribution is 7.20. The Balaban J connectivity index is 1.66. The third kappa shape index (κ3) is 4.83. The highest BCUT2D eigenvalue weighted by Gasteiger charge is 2.15. The molecule has 1 aromatic carbocycles. The zero-order chi connectivity index (χ0) is 20.1. The van der Waals surface area contributed by atoms with Crippen LogP contribution in [0.25, 0.3) is 10.2 Å². The zero-order valence-corrected chi connectivity index (χ0v) is 16.4. The van der Waals surface area contributed by atoms with Gasteiger partial charge in [0.1, 0.15) is 6.61 Å². The Morgan fingerprint density at radius 1 is 1.25 bits per heavy atom. The SMILES string of the molecule is CCOc1nc2ccc(Oc3cnc(OCC(C)NC(C)=O)cn3)c(F)c2s1. The van der Waals surface area contributed by atoms with Crippen LogP contribution in [0.2, 0.25) is 0 Å². The maximum Gasteiger partial charge on any atom is 0.274 e. The second-order valence-corrected chi connectivity index (χ2v) is 6.81. The fourth-order valence-electron chi connectivity index (χ4n) is 2.33. The molecular formula is C18H19FN4O4S. The van der Waals surface area contributed by atoms with Crippen LogP contribution in [0.1, 0.15) is 20.8 Å². The fourth-order valence-corrected chi connectivity index (χ4v) is 3.23. The van der Waals surface area contributed by atoms with E-state index in [0.717, 1.165) is 11.3 Å². The normalized spacial score (nSPS) is 11.9. The maximum atomic E-state index is 14.7. The highest BCUT2D eigenvalue weighted by Crippen LogP contribution is 2.35. The van der Waals surface area contributed by atoms with Crippen LogP contribution in [0.15, 0.2) is 24.5 Å². The van der Waals surface area contributed by atoms with Crippen LogP contribution < -0.4 is 19.5 Å². The Morgan fingerprint density at radius 2 is 2.00 bits per heavy atom. The van der Waals surface area contributed by atoms with Crippen molar-refractivity contribution in [2.75, 3.05) is 13.2 Å². The van der Waals surface area contributed by atoms with E-state index in [9.17, 15) is 9.18 Å². The molecule has 2 aromatic heterocycles. The quantitative estimate of drug-likeness (QED) is 0.613. The van der Waals surface area contributed by atoms with Crippen LogP contribution in [-0.4, -0.2) is 40.1 Å². The van der Waals surface area contributed by atoms with E-state index in [1.54, 1.807) is 6.07 Å². The largest absolute Gasteiger partial charge is 0.474 e. The van der Waals surface area contributed by atoms with E-state index < -0.39 is 5.82 Å². The van der Waals surface area contributed by atoms with Gasteiger partial charge in [-0.3, -0.25) is 4.79 Å². The lowest BCUT2D eigenvalue weighted by atomic mass is 10.3. The van der Waals surface area contributed by atoms with E-state index in [-0.39, 0.29) is 36.1 Å². The van der Waals surface area contributed by atoms with Crippen LogP contribution in [0.5, 0.6) is 22.7 Å². The number of hydrogen-bond acceptors (Lipinski definition) is 8. The summed E-state index contributed by atoms with van der Waals surface area (Å²) in [6.07, 6.45) is 2.70. The molecule has 1 atom stereocenters. The van der Waals surface area contributed by atoms with E-state index in [4.69, 9.17) is 14.2 Å². The lowest BCUT2D eigenvalue weighted by Gasteiger charge is -2.13. The molecule has 0 bridgehead atoms. The number of fused-ring (bicyclic) bond motifs is 1. The first-order chi connectivity index (χ1) is 13.5. The molecule has 1 N–H and O–H groups in total. The van der Waals surface area contributed by atoms with Crippen LogP contribution in [-0.2, 0) is 4.79 Å². The van der Waals surface area contributed by atoms with Gasteiger partial charge in [-0.15, -0.1) is 0 Å². The van der Waals surface area contributed by atoms with Gasteiger partial charge in [-0.2, -0.15) is 0 Å². The molecule has 0 spiro atoms. The second-order valence-electron chi connectivity index (χ2n) is 5.85. The fraction of sp³-hybridized carbons (Fsp3) is 0.333. The highest BCUT2D eigenvalue weighted by atomic mass is 32.1. The van der Waals surface area contributed by atoms with Crippen molar-refractivity contribution in [3.63, 3.8) is 0 Å². The van der Waals surface area contributed by atoms with Crippen molar-refractivity contribution in [3.8, 4) is 22.7 Å². The van der Waals surface area contributed by atoms with Crippen molar-refractivity contribution in [1.29, 1.82) is 0 Å². The summed E-state index contributed by atoms with van der Waals surface area (Å²) < 4.78 is 31.3. The first-order valence-corrected chi connectivity index (χ1v) is 9.39. The van der Waals surface area contributed by atoms with Gasteiger partial charge in [-0.25, -0.2) is 19.3 Å². The summed E-state index contributed by atoms with van der Waals surface area (Å²) in [6, 6.07) is 2.96. The Morgan fingerprint density at radius 3 is 2.68 bits per heavy atom. The van der Waals surface area contributed by atoms with Crippen LogP contribution in [0, 0.1) is 5.82 Å². The average Bonchev–Trinajstić information content (AvgIpc) is 3.07. The first kappa shape index (κ1) is 19.7. The van der Waals surface area contributed by atoms with E-state index >= 15 is 0 Å². The Kier molecular flexibility index (Phi) is 6.19. The molecule has 0 saturated carbocycles. The molecule has 10 heteroatoms. The minimum atomic E-state index is -0.535. The van der Waals surface area contributed by atoms with Gasteiger partial charge in [-0.1, -0.05) is 11.3 Å². The van der Waals surface area contributed by atoms with Crippen molar-refractivity contribution < 1.29 is 23.4 Å². The van der Waals surface area contributed by atoms with E-state index in [1.807, 2.05) is 13.8 Å². The number of ether oxygens (including phenoxy) is 3. The van der Waals surface area contributed by atoms with Crippen molar-refractivity contribution in [1.82, 2.24) is 20.3 Å². The first-order valence-electron chi connectivity index (χ1n) is 8.58. The third-order valence-electron chi connectivity index (χ3n) is 3.46. The Labute approximate surface area is 164 Å². The molecule has 3 aromatic rings. The number of benzene rings is 1. The average molecular weight is 406 g/mol. The molecule has 0 fully saturated rings. The molecule has 1 unspecified atom stereocenters. The van der Waals surface area contributed by atoms with Crippen molar-refractivity contribution in [2.24, 2.45) is 0 Å². The lowest BCUT2D eigenvalue weighted by molar-refractivity contribution is -0.119. The van der Waals surface area contributed by atoms with Gasteiger partial charge in [0.25, 0.3) is 5.19 Å². The number of rotatable bonds is 8. The number of thiazole rings is 1. The second kappa shape index (κ2) is 8.79. The third-order valence-corrected chi connectivity index (χ3v) is 4.44. The number of halogens is 1. The predicted molar refractivity (Wildman–Crippen MR) is 102 cm³/mol. The van der Waals surface area contributed by atoms with Crippen molar-refractivity contribution in [3.05, 3.63) is 30.3 Å². The van der Waals surface area contributed by atoms with Crippen LogP contribution in [0.4, 0.5) is 4.39 Å². The van der Waals surface area contributed by atoms with Crippen LogP contribution in [0.3, 0.4) is 0 Å². The van der Waals surface area contributed by atoms with Crippen molar-refractivity contribution >= 4 is 27.5 Å². The minimum absolute atomic E-state index is 0.0152. The van der Waals surface area contributed by atoms with E-state index in [1.165, 1.54) is 25.4 Å². The summed E-state index contributed by atoms with van der Waals surface area (Å²) in [5.41, 5.74) is 0.501. The standard InChI is InChI=1S/C18H19FN4O4S/c1-4-25-18-23-12-5-6-13(16(19)17(12)28-18)27-15-8-20-14(7-21-15)26-9-10(2)22-11(3)24/h5-8,10H,4,9H2,1-3H3,(H,22,24). The van der Waals surface area contributed by atoms with Gasteiger partial charge in [0.15, 0.2) is 11.6 Å². The van der Waals surface area contributed by atoms with Gasteiger partial charge in [0.05, 0.1) is 35.3 Å². The summed E-state index contributed by atoms with van der Waals surface area (Å²) in [5, 5.41) is 3.10. The van der Waals surface area contributed by atoms with Gasteiger partial charge in [0.2, 0.25) is 17.7 Å². The molecular weight excluding hydrogens is 387 g/mol. The number of aromatic nitrogens is 3. The minimum Gasteiger partial charge on any atom is -0.474 e. The topological polar surface area (TPSA) is 95.5 Å². The number of amides is 1. The van der Waals surface area contributed by atoms with Crippen LogP contribution >= 0.6 is 11.3 Å². The summed E-state index contributed by atoms with van der Waals surface area (Å²) in [4.78, 5) is 23.3. The molecule has 3 rings (SSSR count). The van der Waals surface area contributed by atoms with Gasteiger partial charge < -0.3 is 19.5 Å². The van der Waals surface area contributed by atoms with Crippen molar-refractivity contribution in [2.45, 2.75) is 26.8 Å². The number of nitrogens with zero attached hydrogens (tertiary/aromatic N) is 3. The lowest BCUT2D eigenvalue weighted by Crippen LogP contribution is -2.35. The summed E-state index contributed by atoms with van der Waals surface area (Å²) in [6.45, 7) is 5.78. The van der Waals surface area contributed by atoms with Gasteiger partial charge in [0, 0.05) is 6.92 Å². The monoisotopic (exact) mass is 406 g/mol. The Bertz CT molecular complexity index is 964. The van der Waals surface area contributed by atoms with E-state index in [2.05, 4.69) is 20.3 Å². The summed E-state index contributed by atoms with van der Waals surface area (Å²) in [7, 11) is 0. The number of hydrogen-bond donors (Lipinski definition) is 1. The molecule has 148 valence electrons. The molecule has 0 aliphatic carbocycles. The van der Waals surface area contributed by atoms with E-state index in [0.29, 0.717) is 22.0 Å². The molecule has 1 amide bonds. The molecule has 8 nitrogen and oxygen atoms in total. The predicted octanol–water partition coefficient (Wildman–Crippen LogP) is 3.32. The van der Waals surface area contributed by atoms with Gasteiger partial charge >= 0.3 is 0 Å². The molecule has 0 aliphatic rings. The summed E-state index contributed by atoms with van der Waals surface area (Å²) in [5.74, 6) is -0.271. The molecule has 0 radical (unpaired) electrons. The van der Waals surface area contributed by atoms with Gasteiger partial charge in [-0.05, 0) is 26.0 Å². The summed E-state index contributed by atoms with van der Waals surface area (Å²) >= 11 is 1.11. The number of nitrogens with one attached hydrogen (secondary N) is 1. The number of carbonyl (C=O) groups excluding carboxylic acids is 1. The smallest absolute Gasteiger partial charge is 0.274 e. The number of carbonyl (C=O) groups is 1. The Hall–Kier alpha value is -3.01. The zero-order valence-electron chi connectivity index (χ0n) is 15.6.